The van der Waals surface area contributed by atoms with E-state index in [-0.39, 0.29) is 5.69 Å². The average molecular weight is 366 g/mol. The summed E-state index contributed by atoms with van der Waals surface area (Å²) >= 11 is 5.90. The van der Waals surface area contributed by atoms with Crippen molar-refractivity contribution in [3.8, 4) is 5.75 Å². The van der Waals surface area contributed by atoms with Gasteiger partial charge in [-0.3, -0.25) is 4.72 Å². The maximum Gasteiger partial charge on any atom is 0.573 e. The number of nitrogens with one attached hydrogen (secondary N) is 1. The van der Waals surface area contributed by atoms with Crippen molar-refractivity contribution in [1.29, 1.82) is 0 Å². The molecule has 0 atom stereocenters. The Labute approximate surface area is 135 Å². The van der Waals surface area contributed by atoms with Gasteiger partial charge in [0.15, 0.2) is 0 Å². The van der Waals surface area contributed by atoms with Gasteiger partial charge in [-0.2, -0.15) is 0 Å². The van der Waals surface area contributed by atoms with Crippen molar-refractivity contribution in [2.75, 3.05) is 4.72 Å². The number of benzene rings is 2. The molecule has 2 rings (SSSR count). The average Bonchev–Trinajstić information content (AvgIpc) is 2.42. The second-order valence-electron chi connectivity index (χ2n) is 4.51. The third-order valence-electron chi connectivity index (χ3n) is 2.88. The molecule has 0 spiro atoms. The van der Waals surface area contributed by atoms with Crippen LogP contribution in [0.4, 0.5) is 18.9 Å². The molecule has 2 aromatic carbocycles. The van der Waals surface area contributed by atoms with E-state index in [4.69, 9.17) is 11.6 Å². The number of para-hydroxylation sites is 1. The Kier molecular flexibility index (Phi) is 4.76. The van der Waals surface area contributed by atoms with Gasteiger partial charge in [-0.15, -0.1) is 13.2 Å². The third-order valence-corrected chi connectivity index (χ3v) is 4.69. The Bertz CT molecular complexity index is 822. The Morgan fingerprint density at radius 1 is 1.09 bits per heavy atom. The molecule has 0 heterocycles. The number of rotatable bonds is 4. The highest BCUT2D eigenvalue weighted by Crippen LogP contribution is 2.31. The van der Waals surface area contributed by atoms with E-state index in [9.17, 15) is 21.6 Å². The third kappa shape index (κ3) is 4.29. The van der Waals surface area contributed by atoms with Crippen molar-refractivity contribution in [3.05, 3.63) is 53.1 Å². The topological polar surface area (TPSA) is 55.4 Å². The van der Waals surface area contributed by atoms with Crippen LogP contribution in [-0.4, -0.2) is 14.8 Å². The summed E-state index contributed by atoms with van der Waals surface area (Å²) in [7, 11) is -4.29. The zero-order chi connectivity index (χ0) is 17.3. The van der Waals surface area contributed by atoms with Crippen LogP contribution >= 0.6 is 11.6 Å². The first-order valence-electron chi connectivity index (χ1n) is 6.23. The Morgan fingerprint density at radius 2 is 1.74 bits per heavy atom. The van der Waals surface area contributed by atoms with Crippen LogP contribution in [0.5, 0.6) is 5.75 Å². The predicted molar refractivity (Wildman–Crippen MR) is 80.1 cm³/mol. The van der Waals surface area contributed by atoms with E-state index >= 15 is 0 Å². The molecule has 9 heteroatoms. The van der Waals surface area contributed by atoms with Crippen molar-refractivity contribution < 1.29 is 26.3 Å². The molecule has 0 bridgehead atoms. The molecule has 0 saturated carbocycles. The molecular weight excluding hydrogens is 355 g/mol. The lowest BCUT2D eigenvalue weighted by molar-refractivity contribution is -0.275. The minimum Gasteiger partial charge on any atom is -0.404 e. The number of anilines is 1. The van der Waals surface area contributed by atoms with Gasteiger partial charge in [-0.05, 0) is 36.8 Å². The minimum atomic E-state index is -5.00. The first-order chi connectivity index (χ1) is 10.6. The zero-order valence-corrected chi connectivity index (χ0v) is 13.3. The fourth-order valence-corrected chi connectivity index (χ4v) is 3.23. The maximum atomic E-state index is 12.4. The molecule has 1 N–H and O–H groups in total. The number of hydrogen-bond acceptors (Lipinski definition) is 3. The summed E-state index contributed by atoms with van der Waals surface area (Å²) in [6.07, 6.45) is -5.00. The summed E-state index contributed by atoms with van der Waals surface area (Å²) in [4.78, 5) is -0.628. The second-order valence-corrected chi connectivity index (χ2v) is 6.57. The van der Waals surface area contributed by atoms with Crippen molar-refractivity contribution in [2.45, 2.75) is 18.2 Å². The second kappa shape index (κ2) is 6.29. The molecule has 0 fully saturated rings. The van der Waals surface area contributed by atoms with Gasteiger partial charge in [-0.1, -0.05) is 29.8 Å². The summed E-state index contributed by atoms with van der Waals surface area (Å²) in [6, 6.07) is 9.01. The van der Waals surface area contributed by atoms with Gasteiger partial charge in [0.05, 0.1) is 5.69 Å². The summed E-state index contributed by atoms with van der Waals surface area (Å²) in [5, 5.41) is 0.324. The van der Waals surface area contributed by atoms with Crippen molar-refractivity contribution in [2.24, 2.45) is 0 Å². The van der Waals surface area contributed by atoms with E-state index in [2.05, 4.69) is 9.46 Å². The van der Waals surface area contributed by atoms with Crippen LogP contribution in [0.1, 0.15) is 5.56 Å². The molecule has 0 aliphatic rings. The molecule has 0 radical (unpaired) electrons. The summed E-state index contributed by atoms with van der Waals surface area (Å²) in [5.41, 5.74) is 0.617. The fourth-order valence-electron chi connectivity index (χ4n) is 1.80. The highest BCUT2D eigenvalue weighted by Gasteiger charge is 2.34. The lowest BCUT2D eigenvalue weighted by Gasteiger charge is -2.15. The van der Waals surface area contributed by atoms with E-state index < -0.39 is 27.0 Å². The summed E-state index contributed by atoms with van der Waals surface area (Å²) in [6.45, 7) is 1.58. The minimum absolute atomic E-state index is 0.166. The number of halogens is 4. The molecule has 23 heavy (non-hydrogen) atoms. The smallest absolute Gasteiger partial charge is 0.404 e. The summed E-state index contributed by atoms with van der Waals surface area (Å²) < 4.78 is 67.9. The van der Waals surface area contributed by atoms with Crippen LogP contribution in [0, 0.1) is 6.92 Å². The Balaban J connectivity index is 2.43. The van der Waals surface area contributed by atoms with Gasteiger partial charge >= 0.3 is 6.36 Å². The van der Waals surface area contributed by atoms with E-state index in [0.29, 0.717) is 10.6 Å². The first kappa shape index (κ1) is 17.4. The van der Waals surface area contributed by atoms with E-state index in [1.54, 1.807) is 13.0 Å². The largest absolute Gasteiger partial charge is 0.573 e. The fraction of sp³-hybridized carbons (Fsp3) is 0.143. The molecule has 0 saturated heterocycles. The van der Waals surface area contributed by atoms with Crippen molar-refractivity contribution in [3.63, 3.8) is 0 Å². The monoisotopic (exact) mass is 365 g/mol. The molecule has 0 aliphatic heterocycles. The van der Waals surface area contributed by atoms with E-state index in [0.717, 1.165) is 12.1 Å². The van der Waals surface area contributed by atoms with Crippen molar-refractivity contribution >= 4 is 27.3 Å². The van der Waals surface area contributed by atoms with E-state index in [1.165, 1.54) is 24.3 Å². The lowest BCUT2D eigenvalue weighted by Crippen LogP contribution is -2.21. The number of sulfonamides is 1. The molecule has 0 aliphatic carbocycles. The summed E-state index contributed by atoms with van der Waals surface area (Å²) in [5.74, 6) is -0.813. The standard InChI is InChI=1S/C14H11ClF3NO3S/c1-9-10(15)5-4-6-11(9)19-23(20,21)13-8-3-2-7-12(13)22-14(16,17)18/h2-8,19H,1H3. The molecular formula is C14H11ClF3NO3S. The van der Waals surface area contributed by atoms with Crippen LogP contribution in [0.2, 0.25) is 5.02 Å². The van der Waals surface area contributed by atoms with Gasteiger partial charge < -0.3 is 4.74 Å². The number of hydrogen-bond donors (Lipinski definition) is 1. The van der Waals surface area contributed by atoms with Gasteiger partial charge in [0.25, 0.3) is 10.0 Å². The molecule has 124 valence electrons. The first-order valence-corrected chi connectivity index (χ1v) is 8.09. The Hall–Kier alpha value is -1.93. The highest BCUT2D eigenvalue weighted by molar-refractivity contribution is 7.92. The maximum absolute atomic E-state index is 12.4. The van der Waals surface area contributed by atoms with Crippen LogP contribution in [0.3, 0.4) is 0 Å². The lowest BCUT2D eigenvalue weighted by atomic mass is 10.2. The molecule has 0 amide bonds. The van der Waals surface area contributed by atoms with Crippen LogP contribution in [0.15, 0.2) is 47.4 Å². The normalized spacial score (nSPS) is 12.0. The number of ether oxygens (including phenoxy) is 1. The van der Waals surface area contributed by atoms with Crippen LogP contribution in [0.25, 0.3) is 0 Å². The van der Waals surface area contributed by atoms with Crippen molar-refractivity contribution in [1.82, 2.24) is 0 Å². The van der Waals surface area contributed by atoms with Crippen LogP contribution in [-0.2, 0) is 10.0 Å². The van der Waals surface area contributed by atoms with Gasteiger partial charge in [-0.25, -0.2) is 8.42 Å². The highest BCUT2D eigenvalue weighted by atomic mass is 35.5. The van der Waals surface area contributed by atoms with Gasteiger partial charge in [0, 0.05) is 5.02 Å². The molecule has 2 aromatic rings. The van der Waals surface area contributed by atoms with Gasteiger partial charge in [0.2, 0.25) is 0 Å². The molecule has 0 aromatic heterocycles. The quantitative estimate of drug-likeness (QED) is 0.876. The molecule has 4 nitrogen and oxygen atoms in total. The van der Waals surface area contributed by atoms with Gasteiger partial charge in [0.1, 0.15) is 10.6 Å². The van der Waals surface area contributed by atoms with E-state index in [1.807, 2.05) is 0 Å². The molecule has 0 unspecified atom stereocenters. The van der Waals surface area contributed by atoms with Crippen LogP contribution < -0.4 is 9.46 Å². The Morgan fingerprint density at radius 3 is 2.39 bits per heavy atom. The number of alkyl halides is 3. The SMILES string of the molecule is Cc1c(Cl)cccc1NS(=O)(=O)c1ccccc1OC(F)(F)F. The predicted octanol–water partition coefficient (Wildman–Crippen LogP) is 4.35. The zero-order valence-electron chi connectivity index (χ0n) is 11.7.